The SMILES string of the molecule is CC(C)(C)OC(=O)ON1CCN(NC(=O)c2nn(-c3ccc(Cl)cc3Cl)c3c2CSC/C3=C\c2ccc(F)cc2)CC1. The minimum absolute atomic E-state index is 0.278. The first-order chi connectivity index (χ1) is 20.0. The Labute approximate surface area is 257 Å². The third-order valence-corrected chi connectivity index (χ3v) is 7.99. The Morgan fingerprint density at radius 3 is 2.43 bits per heavy atom. The van der Waals surface area contributed by atoms with Gasteiger partial charge in [-0.15, -0.1) is 5.06 Å². The van der Waals surface area contributed by atoms with Gasteiger partial charge in [0.2, 0.25) is 0 Å². The number of hydroxylamine groups is 2. The van der Waals surface area contributed by atoms with Crippen LogP contribution < -0.4 is 5.43 Å². The van der Waals surface area contributed by atoms with Gasteiger partial charge in [-0.25, -0.2) is 18.9 Å². The summed E-state index contributed by atoms with van der Waals surface area (Å²) in [6, 6.07) is 11.3. The predicted octanol–water partition coefficient (Wildman–Crippen LogP) is 6.23. The number of thioether (sulfide) groups is 1. The summed E-state index contributed by atoms with van der Waals surface area (Å²) < 4.78 is 20.4. The fourth-order valence-corrected chi connectivity index (χ4v) is 6.10. The van der Waals surface area contributed by atoms with Crippen LogP contribution in [0.2, 0.25) is 10.0 Å². The van der Waals surface area contributed by atoms with Gasteiger partial charge in [-0.1, -0.05) is 35.3 Å². The van der Waals surface area contributed by atoms with Crippen LogP contribution in [0.1, 0.15) is 48.1 Å². The average Bonchev–Trinajstić information content (AvgIpc) is 3.31. The van der Waals surface area contributed by atoms with E-state index in [4.69, 9.17) is 37.9 Å². The molecular weight excluding hydrogens is 604 g/mol. The first-order valence-electron chi connectivity index (χ1n) is 13.3. The second kappa shape index (κ2) is 12.6. The molecule has 2 aliphatic rings. The van der Waals surface area contributed by atoms with Crippen molar-refractivity contribution in [1.29, 1.82) is 0 Å². The second-order valence-corrected chi connectivity index (χ2v) is 12.6. The van der Waals surface area contributed by atoms with E-state index in [0.717, 1.165) is 22.4 Å². The Bertz CT molecular complexity index is 1520. The first-order valence-corrected chi connectivity index (χ1v) is 15.2. The van der Waals surface area contributed by atoms with Crippen LogP contribution in [0.15, 0.2) is 42.5 Å². The van der Waals surface area contributed by atoms with Crippen molar-refractivity contribution >= 4 is 58.7 Å². The molecule has 1 saturated heterocycles. The number of ether oxygens (including phenoxy) is 1. The van der Waals surface area contributed by atoms with Crippen molar-refractivity contribution in [3.05, 3.63) is 80.8 Å². The van der Waals surface area contributed by atoms with Crippen molar-refractivity contribution in [2.45, 2.75) is 32.1 Å². The molecule has 0 spiro atoms. The molecule has 5 rings (SSSR count). The summed E-state index contributed by atoms with van der Waals surface area (Å²) in [6.45, 7) is 6.91. The monoisotopic (exact) mass is 633 g/mol. The highest BCUT2D eigenvalue weighted by molar-refractivity contribution is 7.99. The molecule has 42 heavy (non-hydrogen) atoms. The number of halogens is 3. The van der Waals surface area contributed by atoms with Crippen LogP contribution in [-0.4, -0.2) is 69.4 Å². The lowest BCUT2D eigenvalue weighted by atomic mass is 10.0. The van der Waals surface area contributed by atoms with E-state index < -0.39 is 11.8 Å². The van der Waals surface area contributed by atoms with Crippen molar-refractivity contribution in [3.8, 4) is 5.69 Å². The van der Waals surface area contributed by atoms with Crippen LogP contribution in [-0.2, 0) is 15.3 Å². The van der Waals surface area contributed by atoms with Crippen molar-refractivity contribution < 1.29 is 23.6 Å². The maximum absolute atomic E-state index is 13.6. The Morgan fingerprint density at radius 1 is 1.05 bits per heavy atom. The number of hydrogen-bond acceptors (Lipinski definition) is 8. The van der Waals surface area contributed by atoms with E-state index in [2.05, 4.69) is 5.43 Å². The molecule has 3 aromatic rings. The van der Waals surface area contributed by atoms with E-state index in [1.165, 1.54) is 17.2 Å². The number of aromatic nitrogens is 2. The molecule has 0 unspecified atom stereocenters. The Hall–Kier alpha value is -3.09. The molecule has 0 bridgehead atoms. The van der Waals surface area contributed by atoms with Gasteiger partial charge < -0.3 is 9.57 Å². The fraction of sp³-hybridized carbons (Fsp3) is 0.345. The highest BCUT2D eigenvalue weighted by Gasteiger charge is 2.31. The van der Waals surface area contributed by atoms with Crippen LogP contribution in [0, 0.1) is 5.82 Å². The molecule has 0 aliphatic carbocycles. The summed E-state index contributed by atoms with van der Waals surface area (Å²) in [4.78, 5) is 30.9. The van der Waals surface area contributed by atoms with Gasteiger partial charge in [0, 0.05) is 48.3 Å². The van der Waals surface area contributed by atoms with Crippen LogP contribution in [0.25, 0.3) is 17.3 Å². The average molecular weight is 635 g/mol. The molecule has 1 aromatic heterocycles. The summed E-state index contributed by atoms with van der Waals surface area (Å²) in [5.74, 6) is 0.564. The van der Waals surface area contributed by atoms with E-state index in [9.17, 15) is 14.0 Å². The fourth-order valence-electron chi connectivity index (χ4n) is 4.59. The molecule has 1 fully saturated rings. The lowest BCUT2D eigenvalue weighted by Crippen LogP contribution is -2.54. The van der Waals surface area contributed by atoms with E-state index in [1.807, 2.05) is 6.08 Å². The van der Waals surface area contributed by atoms with Gasteiger partial charge in [-0.2, -0.15) is 16.9 Å². The number of hydrogen-bond donors (Lipinski definition) is 1. The van der Waals surface area contributed by atoms with Crippen molar-refractivity contribution in [1.82, 2.24) is 25.3 Å². The smallest absolute Gasteiger partial charge is 0.427 e. The molecule has 3 heterocycles. The molecule has 9 nitrogen and oxygen atoms in total. The summed E-state index contributed by atoms with van der Waals surface area (Å²) >= 11 is 14.4. The maximum Gasteiger partial charge on any atom is 0.528 e. The number of fused-ring (bicyclic) bond motifs is 1. The van der Waals surface area contributed by atoms with E-state index in [0.29, 0.717) is 53.4 Å². The standard InChI is InChI=1S/C29H30Cl2FN5O4S/c1-29(2,3)40-28(39)41-36-12-10-35(11-13-36)34-27(38)25-22-17-42-16-19(14-18-4-7-21(32)8-5-18)26(22)37(33-25)24-9-6-20(30)15-23(24)31/h4-9,14-15H,10-13,16-17H2,1-3H3,(H,34,38)/b19-14+. The molecule has 0 atom stereocenters. The normalized spacial score (nSPS) is 17.1. The molecule has 2 aromatic carbocycles. The van der Waals surface area contributed by atoms with E-state index in [-0.39, 0.29) is 17.4 Å². The zero-order chi connectivity index (χ0) is 30.0. The predicted molar refractivity (Wildman–Crippen MR) is 162 cm³/mol. The van der Waals surface area contributed by atoms with Crippen molar-refractivity contribution in [2.24, 2.45) is 0 Å². The van der Waals surface area contributed by atoms with Gasteiger partial charge in [-0.3, -0.25) is 10.2 Å². The van der Waals surface area contributed by atoms with Crippen LogP contribution in [0.4, 0.5) is 9.18 Å². The third-order valence-electron chi connectivity index (χ3n) is 6.45. The van der Waals surface area contributed by atoms with Gasteiger partial charge in [0.05, 0.1) is 16.4 Å². The lowest BCUT2D eigenvalue weighted by molar-refractivity contribution is -0.160. The molecule has 1 N–H and O–H groups in total. The molecule has 2 aliphatic heterocycles. The Morgan fingerprint density at radius 2 is 1.76 bits per heavy atom. The van der Waals surface area contributed by atoms with Crippen molar-refractivity contribution in [3.63, 3.8) is 0 Å². The van der Waals surface area contributed by atoms with Gasteiger partial charge >= 0.3 is 6.16 Å². The molecule has 0 radical (unpaired) electrons. The molecule has 1 amide bonds. The largest absolute Gasteiger partial charge is 0.528 e. The molecule has 13 heteroatoms. The second-order valence-electron chi connectivity index (χ2n) is 10.8. The van der Waals surface area contributed by atoms with Gasteiger partial charge in [0.25, 0.3) is 5.91 Å². The van der Waals surface area contributed by atoms with Crippen LogP contribution in [0.3, 0.4) is 0 Å². The van der Waals surface area contributed by atoms with Gasteiger partial charge in [-0.05, 0) is 68.3 Å². The quantitative estimate of drug-likeness (QED) is 0.331. The Balaban J connectivity index is 1.39. The number of piperazine rings is 1. The molecular formula is C29H30Cl2FN5O4S. The van der Waals surface area contributed by atoms with E-state index >= 15 is 0 Å². The zero-order valence-corrected chi connectivity index (χ0v) is 25.7. The molecule has 222 valence electrons. The minimum Gasteiger partial charge on any atom is -0.427 e. The summed E-state index contributed by atoms with van der Waals surface area (Å²) in [7, 11) is 0. The number of hydrazine groups is 1. The molecule has 0 saturated carbocycles. The topological polar surface area (TPSA) is 88.9 Å². The zero-order valence-electron chi connectivity index (χ0n) is 23.3. The highest BCUT2D eigenvalue weighted by Crippen LogP contribution is 2.38. The number of nitrogens with one attached hydrogen (secondary N) is 1. The van der Waals surface area contributed by atoms with Crippen molar-refractivity contribution in [2.75, 3.05) is 31.9 Å². The summed E-state index contributed by atoms with van der Waals surface area (Å²) in [5.41, 5.74) is 6.46. The van der Waals surface area contributed by atoms with Gasteiger partial charge in [0.15, 0.2) is 5.69 Å². The summed E-state index contributed by atoms with van der Waals surface area (Å²) in [6.07, 6.45) is 1.21. The highest BCUT2D eigenvalue weighted by atomic mass is 35.5. The lowest BCUT2D eigenvalue weighted by Gasteiger charge is -2.33. The number of carbonyl (C=O) groups excluding carboxylic acids is 2. The van der Waals surface area contributed by atoms with Crippen LogP contribution >= 0.6 is 35.0 Å². The number of rotatable bonds is 5. The maximum atomic E-state index is 13.6. The number of nitrogens with zero attached hydrogens (tertiary/aromatic N) is 4. The third kappa shape index (κ3) is 7.27. The van der Waals surface area contributed by atoms with Gasteiger partial charge in [0.1, 0.15) is 11.4 Å². The number of carbonyl (C=O) groups is 2. The minimum atomic E-state index is -0.764. The first kappa shape index (κ1) is 30.4. The summed E-state index contributed by atoms with van der Waals surface area (Å²) in [5, 5.41) is 8.90. The Kier molecular flexibility index (Phi) is 9.14. The van der Waals surface area contributed by atoms with Crippen LogP contribution in [0.5, 0.6) is 0 Å². The van der Waals surface area contributed by atoms with E-state index in [1.54, 1.807) is 72.6 Å². The number of benzene rings is 2. The number of amides is 1.